The molecule has 1 heterocycles. The third kappa shape index (κ3) is 3.80. The molecule has 1 aromatic heterocycles. The van der Waals surface area contributed by atoms with E-state index in [1.807, 2.05) is 27.7 Å². The molecular formula is C13H23N5O2. The first-order valence-electron chi connectivity index (χ1n) is 6.57. The smallest absolute Gasteiger partial charge is 0.244 e. The quantitative estimate of drug-likeness (QED) is 0.711. The van der Waals surface area contributed by atoms with E-state index in [9.17, 15) is 9.59 Å². The predicted octanol–water partition coefficient (Wildman–Crippen LogP) is 0.0749. The molecule has 0 unspecified atom stereocenters. The molecule has 7 nitrogen and oxygen atoms in total. The van der Waals surface area contributed by atoms with Gasteiger partial charge in [0.05, 0.1) is 18.3 Å². The van der Waals surface area contributed by atoms with Crippen LogP contribution in [0, 0.1) is 19.8 Å². The lowest BCUT2D eigenvalue weighted by Gasteiger charge is -2.15. The van der Waals surface area contributed by atoms with Crippen molar-refractivity contribution in [2.45, 2.75) is 33.7 Å². The zero-order valence-electron chi connectivity index (χ0n) is 12.7. The van der Waals surface area contributed by atoms with Crippen molar-refractivity contribution in [3.63, 3.8) is 0 Å². The van der Waals surface area contributed by atoms with Crippen LogP contribution < -0.4 is 16.4 Å². The Kier molecular flexibility index (Phi) is 5.26. The van der Waals surface area contributed by atoms with Crippen molar-refractivity contribution in [3.05, 3.63) is 11.3 Å². The molecule has 0 aliphatic carbocycles. The summed E-state index contributed by atoms with van der Waals surface area (Å²) in [7, 11) is 1.75. The first-order valence-corrected chi connectivity index (χ1v) is 6.57. The molecule has 0 bridgehead atoms. The molecule has 1 aromatic rings. The fourth-order valence-electron chi connectivity index (χ4n) is 1.70. The second kappa shape index (κ2) is 6.51. The lowest BCUT2D eigenvalue weighted by molar-refractivity contribution is -0.125. The van der Waals surface area contributed by atoms with Gasteiger partial charge in [-0.25, -0.2) is 0 Å². The van der Waals surface area contributed by atoms with E-state index in [2.05, 4.69) is 15.7 Å². The normalized spacial score (nSPS) is 12.3. The molecule has 4 N–H and O–H groups in total. The fourth-order valence-corrected chi connectivity index (χ4v) is 1.70. The molecule has 0 aliphatic rings. The minimum absolute atomic E-state index is 0.0278. The topological polar surface area (TPSA) is 102 Å². The second-order valence-electron chi connectivity index (χ2n) is 5.22. The van der Waals surface area contributed by atoms with Crippen LogP contribution in [-0.2, 0) is 16.6 Å². The number of carbonyl (C=O) groups is 2. The van der Waals surface area contributed by atoms with Gasteiger partial charge in [-0.3, -0.25) is 14.3 Å². The Hall–Kier alpha value is -1.89. The van der Waals surface area contributed by atoms with Gasteiger partial charge in [-0.05, 0) is 19.8 Å². The Balaban J connectivity index is 2.55. The molecule has 0 spiro atoms. The summed E-state index contributed by atoms with van der Waals surface area (Å²) in [6.07, 6.45) is 0. The SMILES string of the molecule is Cc1nn(C)c(NC(=O)CNC(=O)[C@@H](N)C(C)C)c1C. The standard InChI is InChI=1S/C13H23N5O2/c1-7(2)11(14)13(20)15-6-10(19)16-12-8(3)9(4)17-18(12)5/h7,11H,6,14H2,1-5H3,(H,15,20)(H,16,19)/t11-/m0/s1. The molecular weight excluding hydrogens is 258 g/mol. The van der Waals surface area contributed by atoms with Crippen molar-refractivity contribution in [1.29, 1.82) is 0 Å². The van der Waals surface area contributed by atoms with Crippen LogP contribution in [0.1, 0.15) is 25.1 Å². The molecule has 0 radical (unpaired) electrons. The molecule has 0 saturated heterocycles. The number of nitrogens with one attached hydrogen (secondary N) is 2. The number of aromatic nitrogens is 2. The Bertz CT molecular complexity index is 507. The number of amides is 2. The van der Waals surface area contributed by atoms with E-state index < -0.39 is 6.04 Å². The van der Waals surface area contributed by atoms with Gasteiger partial charge in [0.15, 0.2) is 0 Å². The lowest BCUT2D eigenvalue weighted by atomic mass is 10.1. The van der Waals surface area contributed by atoms with Crippen molar-refractivity contribution in [3.8, 4) is 0 Å². The highest BCUT2D eigenvalue weighted by molar-refractivity contribution is 5.95. The van der Waals surface area contributed by atoms with Crippen molar-refractivity contribution in [2.75, 3.05) is 11.9 Å². The van der Waals surface area contributed by atoms with Crippen LogP contribution in [0.3, 0.4) is 0 Å². The van der Waals surface area contributed by atoms with Gasteiger partial charge in [0.2, 0.25) is 11.8 Å². The maximum Gasteiger partial charge on any atom is 0.244 e. The Morgan fingerprint density at radius 3 is 2.40 bits per heavy atom. The molecule has 0 aromatic carbocycles. The van der Waals surface area contributed by atoms with E-state index in [1.54, 1.807) is 11.7 Å². The summed E-state index contributed by atoms with van der Waals surface area (Å²) in [6, 6.07) is -0.608. The monoisotopic (exact) mass is 281 g/mol. The van der Waals surface area contributed by atoms with Crippen LogP contribution in [0.2, 0.25) is 0 Å². The maximum absolute atomic E-state index is 11.8. The van der Waals surface area contributed by atoms with E-state index in [0.717, 1.165) is 11.3 Å². The van der Waals surface area contributed by atoms with E-state index in [4.69, 9.17) is 5.73 Å². The highest BCUT2D eigenvalue weighted by atomic mass is 16.2. The van der Waals surface area contributed by atoms with Gasteiger partial charge in [0.25, 0.3) is 0 Å². The van der Waals surface area contributed by atoms with E-state index in [1.165, 1.54) is 0 Å². The van der Waals surface area contributed by atoms with Gasteiger partial charge >= 0.3 is 0 Å². The van der Waals surface area contributed by atoms with Crippen LogP contribution in [0.4, 0.5) is 5.82 Å². The van der Waals surface area contributed by atoms with Gasteiger partial charge in [-0.2, -0.15) is 5.10 Å². The van der Waals surface area contributed by atoms with Crippen LogP contribution >= 0.6 is 0 Å². The van der Waals surface area contributed by atoms with Crippen molar-refractivity contribution in [2.24, 2.45) is 18.7 Å². The van der Waals surface area contributed by atoms with Crippen LogP contribution in [0.5, 0.6) is 0 Å². The molecule has 2 amide bonds. The highest BCUT2D eigenvalue weighted by Gasteiger charge is 2.18. The van der Waals surface area contributed by atoms with Gasteiger partial charge in [-0.1, -0.05) is 13.8 Å². The van der Waals surface area contributed by atoms with Gasteiger partial charge in [0, 0.05) is 12.6 Å². The zero-order valence-corrected chi connectivity index (χ0v) is 12.7. The summed E-state index contributed by atoms with van der Waals surface area (Å²) < 4.78 is 1.60. The number of nitrogens with two attached hydrogens (primary N) is 1. The molecule has 0 saturated carbocycles. The molecule has 112 valence electrons. The molecule has 20 heavy (non-hydrogen) atoms. The van der Waals surface area contributed by atoms with E-state index in [-0.39, 0.29) is 24.3 Å². The minimum Gasteiger partial charge on any atom is -0.346 e. The number of hydrogen-bond acceptors (Lipinski definition) is 4. The van der Waals surface area contributed by atoms with Crippen molar-refractivity contribution < 1.29 is 9.59 Å². The van der Waals surface area contributed by atoms with Crippen molar-refractivity contribution >= 4 is 17.6 Å². The summed E-state index contributed by atoms with van der Waals surface area (Å²) in [6.45, 7) is 7.35. The largest absolute Gasteiger partial charge is 0.346 e. The highest BCUT2D eigenvalue weighted by Crippen LogP contribution is 2.16. The van der Waals surface area contributed by atoms with Gasteiger partial charge in [-0.15, -0.1) is 0 Å². The maximum atomic E-state index is 11.8. The molecule has 0 aliphatic heterocycles. The van der Waals surface area contributed by atoms with Gasteiger partial charge < -0.3 is 16.4 Å². The molecule has 0 fully saturated rings. The number of hydrogen-bond donors (Lipinski definition) is 3. The number of nitrogens with zero attached hydrogens (tertiary/aromatic N) is 2. The van der Waals surface area contributed by atoms with Crippen molar-refractivity contribution in [1.82, 2.24) is 15.1 Å². The van der Waals surface area contributed by atoms with Gasteiger partial charge in [0.1, 0.15) is 5.82 Å². The van der Waals surface area contributed by atoms with Crippen LogP contribution in [0.15, 0.2) is 0 Å². The predicted molar refractivity (Wildman–Crippen MR) is 77.1 cm³/mol. The third-order valence-corrected chi connectivity index (χ3v) is 3.22. The third-order valence-electron chi connectivity index (χ3n) is 3.22. The summed E-state index contributed by atoms with van der Waals surface area (Å²) in [4.78, 5) is 23.5. The number of carbonyl (C=O) groups excluding carboxylic acids is 2. The van der Waals surface area contributed by atoms with Crippen LogP contribution in [-0.4, -0.2) is 34.2 Å². The van der Waals surface area contributed by atoms with Crippen LogP contribution in [0.25, 0.3) is 0 Å². The Morgan fingerprint density at radius 1 is 1.35 bits per heavy atom. The summed E-state index contributed by atoms with van der Waals surface area (Å²) >= 11 is 0. The summed E-state index contributed by atoms with van der Waals surface area (Å²) in [5, 5.41) is 9.46. The first kappa shape index (κ1) is 16.2. The van der Waals surface area contributed by atoms with E-state index in [0.29, 0.717) is 5.82 Å². The zero-order chi connectivity index (χ0) is 15.4. The summed E-state index contributed by atoms with van der Waals surface area (Å²) in [5.74, 6) is 0.0309. The minimum atomic E-state index is -0.608. The summed E-state index contributed by atoms with van der Waals surface area (Å²) in [5.41, 5.74) is 7.46. The van der Waals surface area contributed by atoms with E-state index >= 15 is 0 Å². The molecule has 1 rings (SSSR count). The number of anilines is 1. The number of aryl methyl sites for hydroxylation is 2. The average molecular weight is 281 g/mol. The molecule has 1 atom stereocenters. The lowest BCUT2D eigenvalue weighted by Crippen LogP contribution is -2.46. The second-order valence-corrected chi connectivity index (χ2v) is 5.22. The first-order chi connectivity index (χ1) is 9.23. The number of rotatable bonds is 5. The Labute approximate surface area is 118 Å². The molecule has 7 heteroatoms. The average Bonchev–Trinajstić information content (AvgIpc) is 2.61. The Morgan fingerprint density at radius 2 is 1.95 bits per heavy atom. The fraction of sp³-hybridized carbons (Fsp3) is 0.615.